The molecule has 0 spiro atoms. The molecule has 3 aromatic rings. The third-order valence-corrected chi connectivity index (χ3v) is 12.2. The first-order valence-electron chi connectivity index (χ1n) is 15.1. The Kier molecular flexibility index (Phi) is 12.3. The molecule has 1 amide bonds. The molecule has 238 valence electrons. The number of esters is 1. The van der Waals surface area contributed by atoms with E-state index in [0.29, 0.717) is 24.2 Å². The summed E-state index contributed by atoms with van der Waals surface area (Å²) in [5, 5.41) is 26.2. The van der Waals surface area contributed by atoms with Gasteiger partial charge in [0.25, 0.3) is 0 Å². The summed E-state index contributed by atoms with van der Waals surface area (Å²) in [6.45, 7) is 11.1. The SMILES string of the molecule is COC(=O)c1ccc(CNC(=O)Cc2cccc(C[C@@H](C)NC[C@H](CC(C)(C)[Si](C)(C)O)c3ccc(O)c(CO)c3)c2)cc1. The van der Waals surface area contributed by atoms with Gasteiger partial charge in [0.05, 0.1) is 25.7 Å². The topological polar surface area (TPSA) is 128 Å². The summed E-state index contributed by atoms with van der Waals surface area (Å²) >= 11 is 0. The molecule has 0 aliphatic carbocycles. The van der Waals surface area contributed by atoms with Crippen molar-refractivity contribution in [3.05, 3.63) is 100 Å². The largest absolute Gasteiger partial charge is 0.508 e. The van der Waals surface area contributed by atoms with Crippen LogP contribution in [0.4, 0.5) is 0 Å². The lowest BCUT2D eigenvalue weighted by Crippen LogP contribution is -2.41. The molecule has 0 heterocycles. The smallest absolute Gasteiger partial charge is 0.337 e. The fourth-order valence-electron chi connectivity index (χ4n) is 5.12. The zero-order chi connectivity index (χ0) is 32.5. The average molecular weight is 621 g/mol. The fraction of sp³-hybridized carbons (Fsp3) is 0.429. The van der Waals surface area contributed by atoms with Crippen LogP contribution in [0.2, 0.25) is 18.1 Å². The monoisotopic (exact) mass is 620 g/mol. The van der Waals surface area contributed by atoms with Crippen molar-refractivity contribution in [1.29, 1.82) is 0 Å². The molecule has 0 saturated heterocycles. The first-order valence-corrected chi connectivity index (χ1v) is 18.1. The van der Waals surface area contributed by atoms with Crippen molar-refractivity contribution in [1.82, 2.24) is 10.6 Å². The standard InChI is InChI=1S/C35H48N2O6Si/c1-24(36-22-31(20-35(2,3)44(5,6)42)29-14-15-32(39)30(19-29)23-38)16-26-8-7-9-27(17-26)18-33(40)37-21-25-10-12-28(13-11-25)34(41)43-4/h7-15,17,19,24,31,36,38-39,42H,16,18,20-23H2,1-6H3,(H,37,40)/t24-,31+/m1/s1. The van der Waals surface area contributed by atoms with Gasteiger partial charge in [-0.05, 0) is 90.3 Å². The van der Waals surface area contributed by atoms with Gasteiger partial charge in [0.2, 0.25) is 5.91 Å². The van der Waals surface area contributed by atoms with Crippen LogP contribution in [0.3, 0.4) is 0 Å². The lowest BCUT2D eigenvalue weighted by atomic mass is 9.88. The van der Waals surface area contributed by atoms with E-state index in [9.17, 15) is 24.6 Å². The van der Waals surface area contributed by atoms with Crippen LogP contribution in [-0.4, -0.2) is 54.9 Å². The third-order valence-electron chi connectivity index (χ3n) is 8.63. The van der Waals surface area contributed by atoms with Gasteiger partial charge in [0.1, 0.15) is 5.75 Å². The predicted molar refractivity (Wildman–Crippen MR) is 176 cm³/mol. The van der Waals surface area contributed by atoms with Gasteiger partial charge in [-0.25, -0.2) is 4.79 Å². The maximum atomic E-state index is 12.7. The maximum absolute atomic E-state index is 12.7. The average Bonchev–Trinajstić information content (AvgIpc) is 2.98. The van der Waals surface area contributed by atoms with Gasteiger partial charge in [-0.1, -0.05) is 56.3 Å². The number of aromatic hydroxyl groups is 1. The number of nitrogens with one attached hydrogen (secondary N) is 2. The summed E-state index contributed by atoms with van der Waals surface area (Å²) in [7, 11) is -1.12. The van der Waals surface area contributed by atoms with Crippen molar-refractivity contribution in [3.63, 3.8) is 0 Å². The van der Waals surface area contributed by atoms with E-state index >= 15 is 0 Å². The summed E-state index contributed by atoms with van der Waals surface area (Å²) in [6, 6.07) is 20.6. The highest BCUT2D eigenvalue weighted by Crippen LogP contribution is 2.44. The molecule has 0 aliphatic rings. The number of hydrogen-bond acceptors (Lipinski definition) is 7. The van der Waals surface area contributed by atoms with E-state index in [0.717, 1.165) is 35.1 Å². The van der Waals surface area contributed by atoms with E-state index in [2.05, 4.69) is 43.5 Å². The fourth-order valence-corrected chi connectivity index (χ4v) is 5.87. The third kappa shape index (κ3) is 10.0. The summed E-state index contributed by atoms with van der Waals surface area (Å²) in [6.07, 6.45) is 1.80. The van der Waals surface area contributed by atoms with E-state index in [1.807, 2.05) is 37.4 Å². The van der Waals surface area contributed by atoms with Crippen molar-refractivity contribution >= 4 is 20.2 Å². The lowest BCUT2D eigenvalue weighted by Gasteiger charge is -2.38. The highest BCUT2D eigenvalue weighted by molar-refractivity contribution is 6.72. The molecule has 3 rings (SSSR count). The van der Waals surface area contributed by atoms with Gasteiger partial charge in [0.15, 0.2) is 8.32 Å². The number of methoxy groups -OCH3 is 1. The number of carbonyl (C=O) groups is 2. The Morgan fingerprint density at radius 3 is 2.30 bits per heavy atom. The summed E-state index contributed by atoms with van der Waals surface area (Å²) in [5.74, 6) is -0.323. The minimum absolute atomic E-state index is 0.0731. The number of hydrogen-bond donors (Lipinski definition) is 5. The second-order valence-electron chi connectivity index (χ2n) is 12.9. The first-order chi connectivity index (χ1) is 20.7. The van der Waals surface area contributed by atoms with Crippen molar-refractivity contribution in [2.45, 2.75) is 83.3 Å². The predicted octanol–water partition coefficient (Wildman–Crippen LogP) is 5.20. The number of aliphatic hydroxyl groups excluding tert-OH is 1. The number of aliphatic hydroxyl groups is 1. The minimum Gasteiger partial charge on any atom is -0.508 e. The van der Waals surface area contributed by atoms with Crippen LogP contribution in [0.5, 0.6) is 5.75 Å². The summed E-state index contributed by atoms with van der Waals surface area (Å²) < 4.78 is 4.72. The molecule has 5 N–H and O–H groups in total. The molecule has 0 saturated carbocycles. The highest BCUT2D eigenvalue weighted by Gasteiger charge is 2.40. The van der Waals surface area contributed by atoms with Gasteiger partial charge in [-0.3, -0.25) is 4.79 Å². The van der Waals surface area contributed by atoms with Gasteiger partial charge in [-0.15, -0.1) is 0 Å². The number of ether oxygens (including phenoxy) is 1. The van der Waals surface area contributed by atoms with Crippen LogP contribution in [-0.2, 0) is 35.5 Å². The number of amides is 1. The normalized spacial score (nSPS) is 13.3. The Labute approximate surface area is 262 Å². The minimum atomic E-state index is -2.46. The number of benzene rings is 3. The molecule has 2 atom stereocenters. The molecule has 0 bridgehead atoms. The lowest BCUT2D eigenvalue weighted by molar-refractivity contribution is -0.120. The molecule has 9 heteroatoms. The van der Waals surface area contributed by atoms with Crippen LogP contribution in [0.15, 0.2) is 66.7 Å². The molecule has 3 aromatic carbocycles. The van der Waals surface area contributed by atoms with Crippen molar-refractivity contribution < 1.29 is 29.3 Å². The maximum Gasteiger partial charge on any atom is 0.337 e. The summed E-state index contributed by atoms with van der Waals surface area (Å²) in [5.41, 5.74) is 4.94. The zero-order valence-electron chi connectivity index (χ0n) is 26.8. The molecule has 0 unspecified atom stereocenters. The zero-order valence-corrected chi connectivity index (χ0v) is 27.8. The first kappa shape index (κ1) is 35.0. The summed E-state index contributed by atoms with van der Waals surface area (Å²) in [4.78, 5) is 35.2. The van der Waals surface area contributed by atoms with Gasteiger partial charge in [0, 0.05) is 24.7 Å². The van der Waals surface area contributed by atoms with Gasteiger partial charge in [-0.2, -0.15) is 0 Å². The molecular formula is C35H48N2O6Si. The van der Waals surface area contributed by atoms with Crippen molar-refractivity contribution in [2.24, 2.45) is 0 Å². The Morgan fingerprint density at radius 2 is 1.66 bits per heavy atom. The second kappa shape index (κ2) is 15.5. The van der Waals surface area contributed by atoms with Crippen LogP contribution in [0, 0.1) is 0 Å². The van der Waals surface area contributed by atoms with Crippen LogP contribution >= 0.6 is 0 Å². The number of phenols is 1. The second-order valence-corrected chi connectivity index (χ2v) is 17.3. The Balaban J connectivity index is 1.60. The van der Waals surface area contributed by atoms with E-state index in [1.54, 1.807) is 30.3 Å². The van der Waals surface area contributed by atoms with E-state index in [-0.39, 0.29) is 41.7 Å². The number of rotatable bonds is 15. The molecule has 44 heavy (non-hydrogen) atoms. The van der Waals surface area contributed by atoms with Crippen molar-refractivity contribution in [2.75, 3.05) is 13.7 Å². The van der Waals surface area contributed by atoms with Gasteiger partial charge < -0.3 is 30.4 Å². The van der Waals surface area contributed by atoms with Crippen LogP contribution in [0.25, 0.3) is 0 Å². The Hall–Kier alpha value is -3.50. The molecule has 0 aliphatic heterocycles. The molecule has 8 nitrogen and oxygen atoms in total. The highest BCUT2D eigenvalue weighted by atomic mass is 28.4. The molecular weight excluding hydrogens is 572 g/mol. The Bertz CT molecular complexity index is 1400. The molecule has 0 aromatic heterocycles. The quantitative estimate of drug-likeness (QED) is 0.117. The van der Waals surface area contributed by atoms with E-state index in [1.165, 1.54) is 7.11 Å². The van der Waals surface area contributed by atoms with Gasteiger partial charge >= 0.3 is 5.97 Å². The van der Waals surface area contributed by atoms with Crippen LogP contribution < -0.4 is 10.6 Å². The van der Waals surface area contributed by atoms with Crippen LogP contribution in [0.1, 0.15) is 71.3 Å². The Morgan fingerprint density at radius 1 is 0.977 bits per heavy atom. The number of carbonyl (C=O) groups excluding carboxylic acids is 2. The van der Waals surface area contributed by atoms with Crippen molar-refractivity contribution in [3.8, 4) is 5.75 Å². The van der Waals surface area contributed by atoms with E-state index in [4.69, 9.17) is 4.74 Å². The van der Waals surface area contributed by atoms with E-state index < -0.39 is 14.3 Å². The molecule has 0 radical (unpaired) electrons. The molecule has 0 fully saturated rings.